The first-order valence-corrected chi connectivity index (χ1v) is 9.90. The van der Waals surface area contributed by atoms with E-state index in [2.05, 4.69) is 52.0 Å². The van der Waals surface area contributed by atoms with Crippen LogP contribution < -0.4 is 10.2 Å². The van der Waals surface area contributed by atoms with E-state index in [0.29, 0.717) is 6.54 Å². The lowest BCUT2D eigenvalue weighted by Crippen LogP contribution is -2.41. The van der Waals surface area contributed by atoms with E-state index in [0.717, 1.165) is 29.8 Å². The van der Waals surface area contributed by atoms with Gasteiger partial charge < -0.3 is 10.2 Å². The van der Waals surface area contributed by atoms with Gasteiger partial charge in [-0.25, -0.2) is 0 Å². The number of amides is 1. The smallest absolute Gasteiger partial charge is 0.240 e. The maximum Gasteiger partial charge on any atom is 0.240 e. The van der Waals surface area contributed by atoms with E-state index in [-0.39, 0.29) is 11.9 Å². The van der Waals surface area contributed by atoms with Gasteiger partial charge in [0.05, 0.1) is 12.6 Å². The van der Waals surface area contributed by atoms with Gasteiger partial charge in [-0.1, -0.05) is 54.6 Å². The average Bonchev–Trinajstić information content (AvgIpc) is 3.22. The van der Waals surface area contributed by atoms with Crippen molar-refractivity contribution in [2.24, 2.45) is 0 Å². The molecule has 0 fully saturated rings. The summed E-state index contributed by atoms with van der Waals surface area (Å²) >= 11 is 1.67. The van der Waals surface area contributed by atoms with Crippen LogP contribution in [0.5, 0.6) is 0 Å². The Bertz CT molecular complexity index is 861. The fraction of sp³-hybridized carbons (Fsp3) is 0.227. The predicted octanol–water partition coefficient (Wildman–Crippen LogP) is 4.41. The summed E-state index contributed by atoms with van der Waals surface area (Å²) in [6, 6.07) is 22.6. The van der Waals surface area contributed by atoms with Gasteiger partial charge in [-0.3, -0.25) is 4.79 Å². The molecule has 0 unspecified atom stereocenters. The molecule has 1 amide bonds. The molecule has 1 aliphatic rings. The molecule has 0 spiro atoms. The molecule has 0 radical (unpaired) electrons. The molecule has 26 heavy (non-hydrogen) atoms. The highest BCUT2D eigenvalue weighted by Crippen LogP contribution is 2.28. The zero-order valence-corrected chi connectivity index (χ0v) is 15.4. The first kappa shape index (κ1) is 16.9. The van der Waals surface area contributed by atoms with Gasteiger partial charge in [-0.05, 0) is 41.5 Å². The third-order valence-corrected chi connectivity index (χ3v) is 5.74. The van der Waals surface area contributed by atoms with Gasteiger partial charge in [0.25, 0.3) is 0 Å². The quantitative estimate of drug-likeness (QED) is 0.729. The highest BCUT2D eigenvalue weighted by atomic mass is 32.1. The van der Waals surface area contributed by atoms with Crippen LogP contribution in [0.1, 0.15) is 28.5 Å². The molecule has 0 aliphatic carbocycles. The number of anilines is 1. The van der Waals surface area contributed by atoms with Crippen molar-refractivity contribution in [1.82, 2.24) is 5.32 Å². The number of hydrogen-bond acceptors (Lipinski definition) is 3. The van der Waals surface area contributed by atoms with Gasteiger partial charge in [0, 0.05) is 17.1 Å². The van der Waals surface area contributed by atoms with Crippen LogP contribution in [0.25, 0.3) is 0 Å². The molecule has 2 aromatic carbocycles. The van der Waals surface area contributed by atoms with Crippen molar-refractivity contribution in [3.8, 4) is 0 Å². The summed E-state index contributed by atoms with van der Waals surface area (Å²) in [5, 5.41) is 5.30. The van der Waals surface area contributed by atoms with Crippen LogP contribution in [0, 0.1) is 0 Å². The van der Waals surface area contributed by atoms with Crippen molar-refractivity contribution in [2.75, 3.05) is 18.0 Å². The van der Waals surface area contributed by atoms with Crippen LogP contribution >= 0.6 is 11.3 Å². The van der Waals surface area contributed by atoms with Gasteiger partial charge in [-0.2, -0.15) is 0 Å². The molecule has 3 nitrogen and oxygen atoms in total. The number of aryl methyl sites for hydroxylation is 1. The number of hydrogen-bond donors (Lipinski definition) is 1. The monoisotopic (exact) mass is 362 g/mol. The lowest BCUT2D eigenvalue weighted by molar-refractivity contribution is -0.120. The number of thiophene rings is 1. The number of nitrogens with one attached hydrogen (secondary N) is 1. The first-order chi connectivity index (χ1) is 12.8. The highest BCUT2D eigenvalue weighted by Gasteiger charge is 2.22. The van der Waals surface area contributed by atoms with E-state index < -0.39 is 0 Å². The van der Waals surface area contributed by atoms with Crippen LogP contribution in [-0.4, -0.2) is 19.0 Å². The fourth-order valence-electron chi connectivity index (χ4n) is 3.58. The van der Waals surface area contributed by atoms with Crippen molar-refractivity contribution >= 4 is 22.9 Å². The number of para-hydroxylation sites is 1. The van der Waals surface area contributed by atoms with Crippen LogP contribution in [0.15, 0.2) is 72.1 Å². The van der Waals surface area contributed by atoms with E-state index >= 15 is 0 Å². The average molecular weight is 362 g/mol. The third kappa shape index (κ3) is 3.65. The van der Waals surface area contributed by atoms with Crippen LogP contribution in [-0.2, 0) is 11.2 Å². The molecule has 132 valence electrons. The molecule has 4 heteroatoms. The normalized spacial score (nSPS) is 14.5. The zero-order valence-electron chi connectivity index (χ0n) is 14.6. The van der Waals surface area contributed by atoms with Crippen molar-refractivity contribution in [2.45, 2.75) is 18.9 Å². The minimum atomic E-state index is -0.0938. The van der Waals surface area contributed by atoms with Crippen molar-refractivity contribution < 1.29 is 4.79 Å². The van der Waals surface area contributed by atoms with E-state index in [9.17, 15) is 4.79 Å². The van der Waals surface area contributed by atoms with Crippen LogP contribution in [0.2, 0.25) is 0 Å². The summed E-state index contributed by atoms with van der Waals surface area (Å²) in [5.41, 5.74) is 3.65. The number of benzene rings is 2. The highest BCUT2D eigenvalue weighted by molar-refractivity contribution is 7.10. The Balaban J connectivity index is 1.51. The molecule has 2 heterocycles. The summed E-state index contributed by atoms with van der Waals surface area (Å²) in [5.74, 6) is 0.0592. The summed E-state index contributed by atoms with van der Waals surface area (Å²) in [7, 11) is 0. The molecule has 0 saturated heterocycles. The van der Waals surface area contributed by atoms with E-state index in [1.165, 1.54) is 11.3 Å². The Hall–Kier alpha value is -2.59. The Kier molecular flexibility index (Phi) is 5.02. The largest absolute Gasteiger partial charge is 0.362 e. The number of carbonyl (C=O) groups is 1. The number of fused-ring (bicyclic) bond motifs is 1. The third-order valence-electron chi connectivity index (χ3n) is 4.81. The molecule has 4 rings (SSSR count). The molecule has 1 atom stereocenters. The maximum absolute atomic E-state index is 12.9. The second kappa shape index (κ2) is 7.75. The zero-order chi connectivity index (χ0) is 17.8. The maximum atomic E-state index is 12.9. The topological polar surface area (TPSA) is 32.3 Å². The van der Waals surface area contributed by atoms with Crippen LogP contribution in [0.3, 0.4) is 0 Å². The summed E-state index contributed by atoms with van der Waals surface area (Å²) < 4.78 is 0. The molecule has 1 aromatic heterocycles. The Morgan fingerprint density at radius 2 is 1.85 bits per heavy atom. The van der Waals surface area contributed by atoms with Gasteiger partial charge in [0.2, 0.25) is 5.91 Å². The standard InChI is InChI=1S/C22H22N2OS/c25-21(16-24-14-6-11-17-8-4-5-12-19(17)24)23-22(20-13-7-15-26-20)18-9-2-1-3-10-18/h1-5,7-10,12-13,15,22H,6,11,14,16H2,(H,23,25)/t22-/m1/s1. The summed E-state index contributed by atoms with van der Waals surface area (Å²) in [4.78, 5) is 16.2. The summed E-state index contributed by atoms with van der Waals surface area (Å²) in [6.07, 6.45) is 2.19. The van der Waals surface area contributed by atoms with Gasteiger partial charge in [0.1, 0.15) is 0 Å². The number of carbonyl (C=O) groups excluding carboxylic acids is 1. The predicted molar refractivity (Wildman–Crippen MR) is 108 cm³/mol. The Morgan fingerprint density at radius 3 is 2.65 bits per heavy atom. The Labute approximate surface area is 158 Å². The van der Waals surface area contributed by atoms with E-state index in [1.807, 2.05) is 30.3 Å². The van der Waals surface area contributed by atoms with Crippen molar-refractivity contribution in [3.63, 3.8) is 0 Å². The minimum Gasteiger partial charge on any atom is -0.362 e. The Morgan fingerprint density at radius 1 is 1.04 bits per heavy atom. The molecule has 0 bridgehead atoms. The van der Waals surface area contributed by atoms with E-state index in [4.69, 9.17) is 0 Å². The number of nitrogens with zero attached hydrogens (tertiary/aromatic N) is 1. The summed E-state index contributed by atoms with van der Waals surface area (Å²) in [6.45, 7) is 1.32. The molecule has 1 N–H and O–H groups in total. The first-order valence-electron chi connectivity index (χ1n) is 9.02. The van der Waals surface area contributed by atoms with Crippen LogP contribution in [0.4, 0.5) is 5.69 Å². The molecular weight excluding hydrogens is 340 g/mol. The number of rotatable bonds is 5. The molecule has 1 aliphatic heterocycles. The second-order valence-corrected chi connectivity index (χ2v) is 7.56. The molecular formula is C22H22N2OS. The van der Waals surface area contributed by atoms with Crippen molar-refractivity contribution in [3.05, 3.63) is 88.1 Å². The molecule has 0 saturated carbocycles. The van der Waals surface area contributed by atoms with Gasteiger partial charge in [0.15, 0.2) is 0 Å². The second-order valence-electron chi connectivity index (χ2n) is 6.58. The van der Waals surface area contributed by atoms with Crippen molar-refractivity contribution in [1.29, 1.82) is 0 Å². The van der Waals surface area contributed by atoms with Gasteiger partial charge in [-0.15, -0.1) is 11.3 Å². The molecule has 3 aromatic rings. The lowest BCUT2D eigenvalue weighted by Gasteiger charge is -2.31. The van der Waals surface area contributed by atoms with Gasteiger partial charge >= 0.3 is 0 Å². The van der Waals surface area contributed by atoms with E-state index in [1.54, 1.807) is 11.3 Å². The lowest BCUT2D eigenvalue weighted by atomic mass is 10.0. The SMILES string of the molecule is O=C(CN1CCCc2ccccc21)N[C@H](c1ccccc1)c1cccs1. The minimum absolute atomic E-state index is 0.0592. The fourth-order valence-corrected chi connectivity index (χ4v) is 4.38.